The highest BCUT2D eigenvalue weighted by Gasteiger charge is 2.31. The monoisotopic (exact) mass is 354 g/mol. The summed E-state index contributed by atoms with van der Waals surface area (Å²) in [5.74, 6) is 1.01. The fraction of sp³-hybridized carbons (Fsp3) is 0.389. The maximum atomic E-state index is 12.6. The number of imidazole rings is 1. The molecule has 1 saturated heterocycles. The number of nitrogens with one attached hydrogen (secondary N) is 2. The Morgan fingerprint density at radius 1 is 1.35 bits per heavy atom. The first-order valence-electron chi connectivity index (χ1n) is 8.69. The van der Waals surface area contributed by atoms with Crippen molar-refractivity contribution in [1.82, 2.24) is 30.5 Å². The molecule has 8 heteroatoms. The zero-order valence-corrected chi connectivity index (χ0v) is 14.8. The molecule has 4 rings (SSSR count). The van der Waals surface area contributed by atoms with Gasteiger partial charge in [-0.1, -0.05) is 17.3 Å². The van der Waals surface area contributed by atoms with E-state index in [1.165, 1.54) is 6.26 Å². The van der Waals surface area contributed by atoms with E-state index < -0.39 is 0 Å². The third kappa shape index (κ3) is 3.21. The Morgan fingerprint density at radius 2 is 2.19 bits per heavy atom. The van der Waals surface area contributed by atoms with Gasteiger partial charge in [-0.15, -0.1) is 0 Å². The van der Waals surface area contributed by atoms with E-state index in [1.54, 1.807) is 18.0 Å². The Morgan fingerprint density at radius 3 is 3.00 bits per heavy atom. The number of rotatable bonds is 5. The van der Waals surface area contributed by atoms with Crippen molar-refractivity contribution >= 4 is 16.9 Å². The molecule has 0 bridgehead atoms. The van der Waals surface area contributed by atoms with Gasteiger partial charge in [-0.3, -0.25) is 10.2 Å². The van der Waals surface area contributed by atoms with Crippen LogP contribution in [-0.4, -0.2) is 44.6 Å². The normalized spacial score (nSPS) is 19.9. The number of carbonyl (C=O) groups is 1. The lowest BCUT2D eigenvalue weighted by Crippen LogP contribution is -2.44. The first-order chi connectivity index (χ1) is 12.6. The van der Waals surface area contributed by atoms with Crippen molar-refractivity contribution in [3.63, 3.8) is 0 Å². The fourth-order valence-corrected chi connectivity index (χ4v) is 3.46. The highest BCUT2D eigenvalue weighted by Crippen LogP contribution is 2.18. The van der Waals surface area contributed by atoms with E-state index >= 15 is 0 Å². The zero-order chi connectivity index (χ0) is 18.1. The summed E-state index contributed by atoms with van der Waals surface area (Å²) < 4.78 is 7.01. The second-order valence-corrected chi connectivity index (χ2v) is 6.72. The molecule has 136 valence electrons. The molecular weight excluding hydrogens is 332 g/mol. The van der Waals surface area contributed by atoms with E-state index in [9.17, 15) is 4.79 Å². The minimum absolute atomic E-state index is 0.0372. The quantitative estimate of drug-likeness (QED) is 0.716. The van der Waals surface area contributed by atoms with Crippen molar-refractivity contribution in [2.75, 3.05) is 7.05 Å². The van der Waals surface area contributed by atoms with E-state index in [-0.39, 0.29) is 18.0 Å². The van der Waals surface area contributed by atoms with Crippen LogP contribution in [0.3, 0.4) is 0 Å². The molecule has 2 aromatic heterocycles. The predicted octanol–water partition coefficient (Wildman–Crippen LogP) is 1.23. The van der Waals surface area contributed by atoms with Gasteiger partial charge in [0.1, 0.15) is 23.8 Å². The number of amides is 1. The van der Waals surface area contributed by atoms with Crippen molar-refractivity contribution in [3.05, 3.63) is 48.1 Å². The molecule has 2 atom stereocenters. The molecular formula is C18H22N6O2. The smallest absolute Gasteiger partial charge is 0.241 e. The lowest BCUT2D eigenvalue weighted by molar-refractivity contribution is -0.132. The van der Waals surface area contributed by atoms with E-state index in [1.807, 2.05) is 25.1 Å². The number of aryl methyl sites for hydroxylation is 1. The van der Waals surface area contributed by atoms with Crippen LogP contribution in [0, 0.1) is 6.92 Å². The van der Waals surface area contributed by atoms with Crippen molar-refractivity contribution in [2.24, 2.45) is 0 Å². The van der Waals surface area contributed by atoms with E-state index in [2.05, 4.69) is 31.6 Å². The number of hydrogen-bond acceptors (Lipinski definition) is 6. The van der Waals surface area contributed by atoms with Crippen LogP contribution in [0.2, 0.25) is 0 Å². The van der Waals surface area contributed by atoms with Gasteiger partial charge >= 0.3 is 0 Å². The highest BCUT2D eigenvalue weighted by molar-refractivity contribution is 5.82. The molecule has 3 aromatic rings. The molecule has 1 aromatic carbocycles. The van der Waals surface area contributed by atoms with Gasteiger partial charge in [-0.05, 0) is 25.5 Å². The van der Waals surface area contributed by atoms with Crippen LogP contribution in [0.4, 0.5) is 0 Å². The molecule has 1 aliphatic rings. The predicted molar refractivity (Wildman–Crippen MR) is 95.9 cm³/mol. The summed E-state index contributed by atoms with van der Waals surface area (Å²) in [6.07, 6.45) is 2.23. The second kappa shape index (κ2) is 6.89. The number of hydrogen-bond donors (Lipinski definition) is 2. The van der Waals surface area contributed by atoms with Gasteiger partial charge in [0.2, 0.25) is 5.91 Å². The summed E-state index contributed by atoms with van der Waals surface area (Å²) in [4.78, 5) is 18.9. The number of para-hydroxylation sites is 2. The molecule has 26 heavy (non-hydrogen) atoms. The summed E-state index contributed by atoms with van der Waals surface area (Å²) in [6.45, 7) is 3.20. The Bertz CT molecular complexity index is 904. The Balaban J connectivity index is 1.40. The molecule has 1 fully saturated rings. The summed E-state index contributed by atoms with van der Waals surface area (Å²) in [5.41, 5.74) is 9.23. The molecule has 0 aliphatic carbocycles. The van der Waals surface area contributed by atoms with Crippen LogP contribution in [0.25, 0.3) is 11.0 Å². The standard InChI is InChI=1S/C18H22N6O2/c1-12-19-15-5-3-4-6-17(15)24(12)11-14-9-16(21-20-14)18(25)23(2)10-13-7-8-26-22-13/h3-8,14,16,20-21H,9-11H2,1-2H3. The van der Waals surface area contributed by atoms with Crippen LogP contribution in [0.5, 0.6) is 0 Å². The van der Waals surface area contributed by atoms with Crippen molar-refractivity contribution < 1.29 is 9.32 Å². The first kappa shape index (κ1) is 16.7. The fourth-order valence-electron chi connectivity index (χ4n) is 3.46. The molecule has 3 heterocycles. The molecule has 1 aliphatic heterocycles. The van der Waals surface area contributed by atoms with Crippen molar-refractivity contribution in [3.8, 4) is 0 Å². The van der Waals surface area contributed by atoms with Crippen molar-refractivity contribution in [1.29, 1.82) is 0 Å². The number of fused-ring (bicyclic) bond motifs is 1. The minimum atomic E-state index is -0.257. The van der Waals surface area contributed by atoms with Gasteiger partial charge in [0, 0.05) is 25.7 Å². The third-order valence-corrected chi connectivity index (χ3v) is 4.80. The van der Waals surface area contributed by atoms with Crippen molar-refractivity contribution in [2.45, 2.75) is 38.5 Å². The molecule has 0 spiro atoms. The number of aromatic nitrogens is 3. The van der Waals surface area contributed by atoms with Crippen LogP contribution in [0.15, 0.2) is 41.1 Å². The van der Waals surface area contributed by atoms with Crippen LogP contribution in [-0.2, 0) is 17.9 Å². The van der Waals surface area contributed by atoms with Gasteiger partial charge < -0.3 is 14.0 Å². The number of carbonyl (C=O) groups excluding carboxylic acids is 1. The number of nitrogens with zero attached hydrogens (tertiary/aromatic N) is 4. The number of hydrazine groups is 1. The molecule has 1 amide bonds. The highest BCUT2D eigenvalue weighted by atomic mass is 16.5. The van der Waals surface area contributed by atoms with E-state index in [0.717, 1.165) is 29.1 Å². The second-order valence-electron chi connectivity index (χ2n) is 6.72. The maximum Gasteiger partial charge on any atom is 0.241 e. The lowest BCUT2D eigenvalue weighted by atomic mass is 10.1. The van der Waals surface area contributed by atoms with Gasteiger partial charge in [0.25, 0.3) is 0 Å². The largest absolute Gasteiger partial charge is 0.364 e. The van der Waals surface area contributed by atoms with Gasteiger partial charge in [0.05, 0.1) is 17.6 Å². The lowest BCUT2D eigenvalue weighted by Gasteiger charge is -2.19. The average molecular weight is 354 g/mol. The SMILES string of the molecule is Cc1nc2ccccc2n1CC1CC(C(=O)N(C)Cc2ccon2)NN1. The van der Waals surface area contributed by atoms with Crippen LogP contribution in [0.1, 0.15) is 17.9 Å². The summed E-state index contributed by atoms with van der Waals surface area (Å²) in [6, 6.07) is 9.77. The van der Waals surface area contributed by atoms with Gasteiger partial charge in [-0.25, -0.2) is 10.4 Å². The summed E-state index contributed by atoms with van der Waals surface area (Å²) >= 11 is 0. The average Bonchev–Trinajstić information content (AvgIpc) is 3.36. The van der Waals surface area contributed by atoms with E-state index in [4.69, 9.17) is 4.52 Å². The van der Waals surface area contributed by atoms with Gasteiger partial charge in [-0.2, -0.15) is 0 Å². The maximum absolute atomic E-state index is 12.6. The zero-order valence-electron chi connectivity index (χ0n) is 14.8. The van der Waals surface area contributed by atoms with Gasteiger partial charge in [0.15, 0.2) is 0 Å². The topological polar surface area (TPSA) is 88.2 Å². The first-order valence-corrected chi connectivity index (χ1v) is 8.69. The Kier molecular flexibility index (Phi) is 4.44. The molecule has 0 saturated carbocycles. The minimum Gasteiger partial charge on any atom is -0.364 e. The van der Waals surface area contributed by atoms with Crippen LogP contribution >= 0.6 is 0 Å². The summed E-state index contributed by atoms with van der Waals surface area (Å²) in [7, 11) is 1.78. The molecule has 2 N–H and O–H groups in total. The Labute approximate surface area is 151 Å². The molecule has 0 radical (unpaired) electrons. The summed E-state index contributed by atoms with van der Waals surface area (Å²) in [5, 5.41) is 3.85. The van der Waals surface area contributed by atoms with E-state index in [0.29, 0.717) is 13.0 Å². The molecule has 8 nitrogen and oxygen atoms in total. The van der Waals surface area contributed by atoms with Crippen LogP contribution < -0.4 is 10.9 Å². The molecule has 2 unspecified atom stereocenters. The number of likely N-dealkylation sites (N-methyl/N-ethyl adjacent to an activating group) is 1. The Hall–Kier alpha value is -2.71. The third-order valence-electron chi connectivity index (χ3n) is 4.80. The number of benzene rings is 1.